The van der Waals surface area contributed by atoms with Crippen molar-refractivity contribution in [1.82, 2.24) is 0 Å². The lowest BCUT2D eigenvalue weighted by Crippen LogP contribution is -1.82. The van der Waals surface area contributed by atoms with Gasteiger partial charge in [-0.15, -0.1) is 12.6 Å². The van der Waals surface area contributed by atoms with Gasteiger partial charge in [0, 0.05) is 9.37 Å². The standard InChI is InChI=1S/C8H9BrS/c1-5-3-4-7(9)6(2)8(5)10/h3-4,10H,1-2H3. The Kier molecular flexibility index (Phi) is 2.42. The van der Waals surface area contributed by atoms with Crippen molar-refractivity contribution in [3.63, 3.8) is 0 Å². The van der Waals surface area contributed by atoms with Gasteiger partial charge in [-0.3, -0.25) is 0 Å². The Balaban J connectivity index is 3.34. The number of aryl methyl sites for hydroxylation is 1. The lowest BCUT2D eigenvalue weighted by atomic mass is 10.2. The molecule has 1 aromatic rings. The summed E-state index contributed by atoms with van der Waals surface area (Å²) in [5.41, 5.74) is 2.44. The van der Waals surface area contributed by atoms with E-state index >= 15 is 0 Å². The third-order valence-corrected chi connectivity index (χ3v) is 3.11. The monoisotopic (exact) mass is 216 g/mol. The summed E-state index contributed by atoms with van der Waals surface area (Å²) in [7, 11) is 0. The van der Waals surface area contributed by atoms with E-state index in [1.807, 2.05) is 6.07 Å². The van der Waals surface area contributed by atoms with Gasteiger partial charge >= 0.3 is 0 Å². The van der Waals surface area contributed by atoms with Crippen LogP contribution in [0.25, 0.3) is 0 Å². The predicted molar refractivity (Wildman–Crippen MR) is 50.9 cm³/mol. The van der Waals surface area contributed by atoms with Crippen molar-refractivity contribution >= 4 is 28.6 Å². The number of rotatable bonds is 0. The summed E-state index contributed by atoms with van der Waals surface area (Å²) in [4.78, 5) is 1.08. The molecule has 54 valence electrons. The summed E-state index contributed by atoms with van der Waals surface area (Å²) in [5, 5.41) is 0. The van der Waals surface area contributed by atoms with E-state index in [0.717, 1.165) is 9.37 Å². The van der Waals surface area contributed by atoms with Crippen molar-refractivity contribution in [2.45, 2.75) is 18.7 Å². The van der Waals surface area contributed by atoms with Crippen molar-refractivity contribution in [2.75, 3.05) is 0 Å². The highest BCUT2D eigenvalue weighted by Crippen LogP contribution is 2.25. The fraction of sp³-hybridized carbons (Fsp3) is 0.250. The Morgan fingerprint density at radius 3 is 2.40 bits per heavy atom. The van der Waals surface area contributed by atoms with Crippen LogP contribution in [-0.2, 0) is 0 Å². The highest BCUT2D eigenvalue weighted by molar-refractivity contribution is 9.10. The van der Waals surface area contributed by atoms with Gasteiger partial charge in [-0.1, -0.05) is 22.0 Å². The van der Waals surface area contributed by atoms with Crippen molar-refractivity contribution < 1.29 is 0 Å². The fourth-order valence-corrected chi connectivity index (χ4v) is 1.49. The van der Waals surface area contributed by atoms with E-state index in [4.69, 9.17) is 0 Å². The highest BCUT2D eigenvalue weighted by Gasteiger charge is 1.99. The summed E-state index contributed by atoms with van der Waals surface area (Å²) in [6.07, 6.45) is 0. The SMILES string of the molecule is Cc1ccc(Br)c(C)c1S. The lowest BCUT2D eigenvalue weighted by molar-refractivity contribution is 1.21. The van der Waals surface area contributed by atoms with Crippen LogP contribution < -0.4 is 0 Å². The number of benzene rings is 1. The summed E-state index contributed by atoms with van der Waals surface area (Å²) in [6, 6.07) is 4.10. The molecule has 0 amide bonds. The van der Waals surface area contributed by atoms with E-state index in [-0.39, 0.29) is 0 Å². The second kappa shape index (κ2) is 2.97. The molecule has 0 atom stereocenters. The molecular weight excluding hydrogens is 208 g/mol. The van der Waals surface area contributed by atoms with Gasteiger partial charge in [-0.05, 0) is 31.0 Å². The largest absolute Gasteiger partial charge is 0.143 e. The van der Waals surface area contributed by atoms with Crippen LogP contribution in [0, 0.1) is 13.8 Å². The highest BCUT2D eigenvalue weighted by atomic mass is 79.9. The number of halogens is 1. The molecule has 0 heterocycles. The average molecular weight is 217 g/mol. The molecule has 10 heavy (non-hydrogen) atoms. The molecule has 0 aliphatic heterocycles. The Labute approximate surface area is 75.2 Å². The zero-order valence-corrected chi connectivity index (χ0v) is 8.46. The van der Waals surface area contributed by atoms with Crippen LogP contribution in [0.2, 0.25) is 0 Å². The predicted octanol–water partition coefficient (Wildman–Crippen LogP) is 3.35. The molecule has 1 aromatic carbocycles. The van der Waals surface area contributed by atoms with Crippen LogP contribution in [0.3, 0.4) is 0 Å². The molecule has 0 nitrogen and oxygen atoms in total. The third-order valence-electron chi connectivity index (χ3n) is 1.57. The van der Waals surface area contributed by atoms with E-state index in [0.29, 0.717) is 0 Å². The smallest absolute Gasteiger partial charge is 0.0215 e. The summed E-state index contributed by atoms with van der Waals surface area (Å²) >= 11 is 7.78. The molecule has 1 rings (SSSR count). The second-order valence-electron chi connectivity index (χ2n) is 2.34. The van der Waals surface area contributed by atoms with E-state index in [1.165, 1.54) is 11.1 Å². The summed E-state index contributed by atoms with van der Waals surface area (Å²) < 4.78 is 1.13. The minimum atomic E-state index is 1.08. The first-order valence-electron chi connectivity index (χ1n) is 3.07. The first-order chi connectivity index (χ1) is 4.63. The third kappa shape index (κ3) is 1.38. The lowest BCUT2D eigenvalue weighted by Gasteiger charge is -2.03. The molecule has 0 aliphatic rings. The van der Waals surface area contributed by atoms with Gasteiger partial charge in [0.05, 0.1) is 0 Å². The zero-order chi connectivity index (χ0) is 7.72. The molecule has 0 bridgehead atoms. The molecule has 0 fully saturated rings. The first-order valence-corrected chi connectivity index (χ1v) is 4.31. The van der Waals surface area contributed by atoms with Gasteiger partial charge in [0.25, 0.3) is 0 Å². The maximum atomic E-state index is 4.35. The molecule has 0 saturated carbocycles. The van der Waals surface area contributed by atoms with Crippen molar-refractivity contribution in [3.8, 4) is 0 Å². The topological polar surface area (TPSA) is 0 Å². The number of hydrogen-bond acceptors (Lipinski definition) is 1. The van der Waals surface area contributed by atoms with Gasteiger partial charge in [0.15, 0.2) is 0 Å². The van der Waals surface area contributed by atoms with Crippen molar-refractivity contribution in [2.24, 2.45) is 0 Å². The zero-order valence-electron chi connectivity index (χ0n) is 5.98. The Bertz CT molecular complexity index is 229. The Morgan fingerprint density at radius 2 is 1.90 bits per heavy atom. The molecule has 0 N–H and O–H groups in total. The first kappa shape index (κ1) is 8.15. The minimum absolute atomic E-state index is 1.08. The van der Waals surface area contributed by atoms with Crippen LogP contribution >= 0.6 is 28.6 Å². The Morgan fingerprint density at radius 1 is 1.30 bits per heavy atom. The molecule has 2 heteroatoms. The maximum absolute atomic E-state index is 4.35. The fourth-order valence-electron chi connectivity index (χ4n) is 0.811. The molecule has 0 radical (unpaired) electrons. The van der Waals surface area contributed by atoms with Crippen molar-refractivity contribution in [3.05, 3.63) is 27.7 Å². The molecule has 0 saturated heterocycles. The van der Waals surface area contributed by atoms with Gasteiger partial charge in [-0.2, -0.15) is 0 Å². The molecule has 0 aromatic heterocycles. The van der Waals surface area contributed by atoms with Gasteiger partial charge < -0.3 is 0 Å². The molecule has 0 aliphatic carbocycles. The van der Waals surface area contributed by atoms with Crippen LogP contribution in [0.1, 0.15) is 11.1 Å². The van der Waals surface area contributed by atoms with Crippen molar-refractivity contribution in [1.29, 1.82) is 0 Å². The molecular formula is C8H9BrS. The quantitative estimate of drug-likeness (QED) is 0.633. The van der Waals surface area contributed by atoms with Gasteiger partial charge in [0.1, 0.15) is 0 Å². The minimum Gasteiger partial charge on any atom is -0.143 e. The maximum Gasteiger partial charge on any atom is 0.0215 e. The Hall–Kier alpha value is 0.0500. The molecule has 0 unspecified atom stereocenters. The van der Waals surface area contributed by atoms with Crippen LogP contribution in [0.5, 0.6) is 0 Å². The normalized spacial score (nSPS) is 10.0. The average Bonchev–Trinajstić information content (AvgIpc) is 1.93. The summed E-state index contributed by atoms with van der Waals surface area (Å²) in [5.74, 6) is 0. The van der Waals surface area contributed by atoms with E-state index in [1.54, 1.807) is 0 Å². The number of hydrogen-bond donors (Lipinski definition) is 1. The van der Waals surface area contributed by atoms with E-state index in [2.05, 4.69) is 48.5 Å². The van der Waals surface area contributed by atoms with Crippen LogP contribution in [0.4, 0.5) is 0 Å². The van der Waals surface area contributed by atoms with Crippen LogP contribution in [0.15, 0.2) is 21.5 Å². The summed E-state index contributed by atoms with van der Waals surface area (Å²) in [6.45, 7) is 4.11. The number of thiol groups is 1. The van der Waals surface area contributed by atoms with Gasteiger partial charge in [-0.25, -0.2) is 0 Å². The van der Waals surface area contributed by atoms with E-state index in [9.17, 15) is 0 Å². The van der Waals surface area contributed by atoms with E-state index < -0.39 is 0 Å². The molecule has 0 spiro atoms. The van der Waals surface area contributed by atoms with Crippen LogP contribution in [-0.4, -0.2) is 0 Å². The van der Waals surface area contributed by atoms with Gasteiger partial charge in [0.2, 0.25) is 0 Å². The second-order valence-corrected chi connectivity index (χ2v) is 3.64.